The molecule has 1 heterocycles. The van der Waals surface area contributed by atoms with Crippen LogP contribution in [0.5, 0.6) is 0 Å². The summed E-state index contributed by atoms with van der Waals surface area (Å²) in [4.78, 5) is 14.8. The zero-order chi connectivity index (χ0) is 13.0. The first-order chi connectivity index (χ1) is 8.01. The first-order valence-corrected chi connectivity index (χ1v) is 4.67. The van der Waals surface area contributed by atoms with Gasteiger partial charge in [0.1, 0.15) is 23.1 Å². The van der Waals surface area contributed by atoms with E-state index in [9.17, 15) is 13.6 Å². The van der Waals surface area contributed by atoms with Crippen molar-refractivity contribution in [3.8, 4) is 6.07 Å². The number of carbonyl (C=O) groups is 1. The highest BCUT2D eigenvalue weighted by Crippen LogP contribution is 2.25. The first kappa shape index (κ1) is 12.8. The third-order valence-corrected chi connectivity index (χ3v) is 1.87. The molecule has 0 amide bonds. The molecule has 0 unspecified atom stereocenters. The van der Waals surface area contributed by atoms with Crippen molar-refractivity contribution in [3.05, 3.63) is 22.9 Å². The maximum Gasteiger partial charge on any atom is 0.341 e. The molecule has 2 N–H and O–H groups in total. The van der Waals surface area contributed by atoms with Crippen molar-refractivity contribution in [1.82, 2.24) is 4.98 Å². The number of nitrogen functional groups attached to an aromatic ring is 1. The number of halogens is 2. The Hall–Kier alpha value is -2.23. The van der Waals surface area contributed by atoms with Crippen LogP contribution < -0.4 is 5.73 Å². The summed E-state index contributed by atoms with van der Waals surface area (Å²) in [5.41, 5.74) is 3.63. The van der Waals surface area contributed by atoms with Gasteiger partial charge in [-0.05, 0) is 13.0 Å². The lowest BCUT2D eigenvalue weighted by atomic mass is 10.1. The topological polar surface area (TPSA) is 89.0 Å². The predicted octanol–water partition coefficient (Wildman–Crippen LogP) is 1.65. The molecule has 90 valence electrons. The lowest BCUT2D eigenvalue weighted by Crippen LogP contribution is -2.13. The van der Waals surface area contributed by atoms with Gasteiger partial charge in [-0.2, -0.15) is 5.26 Å². The lowest BCUT2D eigenvalue weighted by molar-refractivity contribution is 0.0513. The van der Waals surface area contributed by atoms with Crippen molar-refractivity contribution in [3.63, 3.8) is 0 Å². The number of anilines is 1. The third-order valence-electron chi connectivity index (χ3n) is 1.87. The molecule has 0 fully saturated rings. The molecule has 7 heteroatoms. The zero-order valence-electron chi connectivity index (χ0n) is 8.91. The van der Waals surface area contributed by atoms with Gasteiger partial charge in [0, 0.05) is 0 Å². The monoisotopic (exact) mass is 241 g/mol. The average molecular weight is 241 g/mol. The van der Waals surface area contributed by atoms with Crippen molar-refractivity contribution in [1.29, 1.82) is 5.26 Å². The van der Waals surface area contributed by atoms with Crippen LogP contribution in [0.1, 0.15) is 35.0 Å². The van der Waals surface area contributed by atoms with Crippen molar-refractivity contribution in [2.75, 3.05) is 12.3 Å². The number of carbonyl (C=O) groups excluding carboxylic acids is 1. The highest BCUT2D eigenvalue weighted by Gasteiger charge is 2.25. The average Bonchev–Trinajstić information content (AvgIpc) is 2.27. The molecule has 0 saturated carbocycles. The van der Waals surface area contributed by atoms with Crippen molar-refractivity contribution in [2.45, 2.75) is 13.3 Å². The van der Waals surface area contributed by atoms with Gasteiger partial charge in [0.2, 0.25) is 0 Å². The number of ether oxygens (including phenoxy) is 1. The summed E-state index contributed by atoms with van der Waals surface area (Å²) in [7, 11) is 0. The molecule has 0 saturated heterocycles. The van der Waals surface area contributed by atoms with Gasteiger partial charge in [-0.1, -0.05) is 0 Å². The van der Waals surface area contributed by atoms with E-state index in [2.05, 4.69) is 9.72 Å². The van der Waals surface area contributed by atoms with E-state index in [1.807, 2.05) is 0 Å². The van der Waals surface area contributed by atoms with Gasteiger partial charge in [0.15, 0.2) is 0 Å². The zero-order valence-corrected chi connectivity index (χ0v) is 8.91. The van der Waals surface area contributed by atoms with Crippen LogP contribution in [0, 0.1) is 11.3 Å². The fourth-order valence-electron chi connectivity index (χ4n) is 1.25. The van der Waals surface area contributed by atoms with Crippen molar-refractivity contribution < 1.29 is 18.3 Å². The number of hydrogen-bond donors (Lipinski definition) is 1. The lowest BCUT2D eigenvalue weighted by Gasteiger charge is -2.09. The van der Waals surface area contributed by atoms with E-state index in [1.165, 1.54) is 6.92 Å². The summed E-state index contributed by atoms with van der Waals surface area (Å²) >= 11 is 0. The van der Waals surface area contributed by atoms with E-state index in [0.717, 1.165) is 6.07 Å². The number of hydrogen-bond acceptors (Lipinski definition) is 5. The van der Waals surface area contributed by atoms with E-state index in [1.54, 1.807) is 6.07 Å². The predicted molar refractivity (Wildman–Crippen MR) is 54.3 cm³/mol. The van der Waals surface area contributed by atoms with Crippen LogP contribution in [0.4, 0.5) is 14.6 Å². The summed E-state index contributed by atoms with van der Waals surface area (Å²) in [5, 5.41) is 8.78. The third kappa shape index (κ3) is 2.66. The summed E-state index contributed by atoms with van der Waals surface area (Å²) in [6.45, 7) is 1.54. The second kappa shape index (κ2) is 5.21. The Kier molecular flexibility index (Phi) is 3.93. The van der Waals surface area contributed by atoms with E-state index in [0.29, 0.717) is 0 Å². The SMILES string of the molecule is CCOC(=O)c1c(C#N)cc(N)nc1C(F)F. The number of esters is 1. The summed E-state index contributed by atoms with van der Waals surface area (Å²) in [6.07, 6.45) is -3.01. The molecule has 0 aliphatic carbocycles. The van der Waals surface area contributed by atoms with Crippen molar-refractivity contribution >= 4 is 11.8 Å². The number of aromatic nitrogens is 1. The Labute approximate surface area is 95.8 Å². The molecule has 1 aromatic rings. The minimum absolute atomic E-state index is 0.0107. The van der Waals surface area contributed by atoms with Crippen LogP contribution in [-0.4, -0.2) is 17.6 Å². The van der Waals surface area contributed by atoms with E-state index in [4.69, 9.17) is 11.0 Å². The number of nitrogens with two attached hydrogens (primary N) is 1. The molecule has 0 radical (unpaired) electrons. The summed E-state index contributed by atoms with van der Waals surface area (Å²) < 4.78 is 30.0. The Morgan fingerprint density at radius 2 is 2.35 bits per heavy atom. The number of nitriles is 1. The fraction of sp³-hybridized carbons (Fsp3) is 0.300. The van der Waals surface area contributed by atoms with Gasteiger partial charge in [-0.25, -0.2) is 18.6 Å². The quantitative estimate of drug-likeness (QED) is 0.812. The second-order valence-electron chi connectivity index (χ2n) is 2.99. The summed E-state index contributed by atoms with van der Waals surface area (Å²) in [6, 6.07) is 2.67. The minimum atomic E-state index is -3.01. The van der Waals surface area contributed by atoms with Crippen LogP contribution in [0.3, 0.4) is 0 Å². The Bertz CT molecular complexity index is 483. The molecule has 1 rings (SSSR count). The van der Waals surface area contributed by atoms with Gasteiger partial charge in [-0.3, -0.25) is 0 Å². The molecule has 0 aliphatic rings. The highest BCUT2D eigenvalue weighted by molar-refractivity contribution is 5.93. The van der Waals surface area contributed by atoms with E-state index >= 15 is 0 Å². The van der Waals surface area contributed by atoms with Crippen molar-refractivity contribution in [2.24, 2.45) is 0 Å². The number of rotatable bonds is 3. The first-order valence-electron chi connectivity index (χ1n) is 4.67. The second-order valence-corrected chi connectivity index (χ2v) is 2.99. The van der Waals surface area contributed by atoms with Crippen LogP contribution in [0.25, 0.3) is 0 Å². The largest absolute Gasteiger partial charge is 0.462 e. The van der Waals surface area contributed by atoms with E-state index in [-0.39, 0.29) is 18.0 Å². The Morgan fingerprint density at radius 3 is 2.82 bits per heavy atom. The molecule has 0 bridgehead atoms. The molecule has 17 heavy (non-hydrogen) atoms. The van der Waals surface area contributed by atoms with Gasteiger partial charge >= 0.3 is 5.97 Å². The Balaban J connectivity index is 3.43. The van der Waals surface area contributed by atoms with Gasteiger partial charge in [0.25, 0.3) is 6.43 Å². The fourth-order valence-corrected chi connectivity index (χ4v) is 1.25. The maximum atomic E-state index is 12.7. The molecular weight excluding hydrogens is 232 g/mol. The highest BCUT2D eigenvalue weighted by atomic mass is 19.3. The van der Waals surface area contributed by atoms with Gasteiger partial charge in [-0.15, -0.1) is 0 Å². The number of alkyl halides is 2. The minimum Gasteiger partial charge on any atom is -0.462 e. The maximum absolute atomic E-state index is 12.7. The molecule has 0 atom stereocenters. The van der Waals surface area contributed by atoms with Gasteiger partial charge in [0.05, 0.1) is 12.2 Å². The van der Waals surface area contributed by atoms with Crippen LogP contribution >= 0.6 is 0 Å². The van der Waals surface area contributed by atoms with Crippen LogP contribution in [0.15, 0.2) is 6.07 Å². The number of nitrogens with zero attached hydrogens (tertiary/aromatic N) is 2. The molecule has 0 aliphatic heterocycles. The molecule has 0 spiro atoms. The smallest absolute Gasteiger partial charge is 0.341 e. The Morgan fingerprint density at radius 1 is 1.71 bits per heavy atom. The normalized spacial score (nSPS) is 10.1. The molecule has 1 aromatic heterocycles. The summed E-state index contributed by atoms with van der Waals surface area (Å²) in [5.74, 6) is -1.25. The van der Waals surface area contributed by atoms with Crippen LogP contribution in [0.2, 0.25) is 0 Å². The van der Waals surface area contributed by atoms with Gasteiger partial charge < -0.3 is 10.5 Å². The standard InChI is InChI=1S/C10H9F2N3O2/c1-2-17-10(16)7-5(4-13)3-6(14)15-8(7)9(11)12/h3,9H,2H2,1H3,(H2,14,15). The molecule has 5 nitrogen and oxygen atoms in total. The molecule has 0 aromatic carbocycles. The molecular formula is C10H9F2N3O2. The van der Waals surface area contributed by atoms with Crippen LogP contribution in [-0.2, 0) is 4.74 Å². The number of pyridine rings is 1. The van der Waals surface area contributed by atoms with E-state index < -0.39 is 23.7 Å².